The lowest BCUT2D eigenvalue weighted by molar-refractivity contribution is -0.384. The number of nitro groups is 1. The van der Waals surface area contributed by atoms with Crippen molar-refractivity contribution in [2.45, 2.75) is 19.1 Å². The number of aliphatic hydroxyl groups is 1. The summed E-state index contributed by atoms with van der Waals surface area (Å²) in [5.41, 5.74) is 4.04. The number of non-ortho nitro benzene ring substituents is 1. The van der Waals surface area contributed by atoms with Crippen molar-refractivity contribution < 1.29 is 10.0 Å². The molecule has 1 fully saturated rings. The molecule has 1 saturated heterocycles. The molecule has 1 aromatic heterocycles. The van der Waals surface area contributed by atoms with Crippen LogP contribution in [-0.4, -0.2) is 43.9 Å². The molecule has 0 bridgehead atoms. The van der Waals surface area contributed by atoms with Crippen molar-refractivity contribution >= 4 is 5.69 Å². The van der Waals surface area contributed by atoms with Gasteiger partial charge in [0.15, 0.2) is 0 Å². The Hall–Kier alpha value is -3.03. The van der Waals surface area contributed by atoms with E-state index in [0.717, 1.165) is 29.8 Å². The highest BCUT2D eigenvalue weighted by Gasteiger charge is 2.31. The quantitative estimate of drug-likeness (QED) is 0.515. The summed E-state index contributed by atoms with van der Waals surface area (Å²) in [4.78, 5) is 12.8. The highest BCUT2D eigenvalue weighted by molar-refractivity contribution is 5.64. The first-order chi connectivity index (χ1) is 14.0. The van der Waals surface area contributed by atoms with Gasteiger partial charge in [0.25, 0.3) is 5.69 Å². The van der Waals surface area contributed by atoms with Crippen LogP contribution in [0.1, 0.15) is 11.1 Å². The molecule has 7 nitrogen and oxygen atoms in total. The normalized spacial score (nSPS) is 19.5. The van der Waals surface area contributed by atoms with Gasteiger partial charge in [-0.2, -0.15) is 5.10 Å². The number of benzene rings is 2. The summed E-state index contributed by atoms with van der Waals surface area (Å²) in [7, 11) is 1.87. The zero-order valence-electron chi connectivity index (χ0n) is 16.3. The van der Waals surface area contributed by atoms with Crippen molar-refractivity contribution in [3.05, 3.63) is 82.0 Å². The maximum absolute atomic E-state index is 10.9. The number of β-amino-alcohol motifs (C(OH)–C–C–N with tert-alkyl or cyclic N) is 1. The Morgan fingerprint density at radius 2 is 1.86 bits per heavy atom. The molecule has 29 heavy (non-hydrogen) atoms. The summed E-state index contributed by atoms with van der Waals surface area (Å²) < 4.78 is 1.76. The summed E-state index contributed by atoms with van der Waals surface area (Å²) in [5, 5.41) is 26.0. The number of hydrogen-bond donors (Lipinski definition) is 1. The average molecular weight is 392 g/mol. The third-order valence-corrected chi connectivity index (χ3v) is 5.47. The van der Waals surface area contributed by atoms with Gasteiger partial charge in [-0.15, -0.1) is 0 Å². The maximum atomic E-state index is 10.9. The van der Waals surface area contributed by atoms with Gasteiger partial charge in [0.2, 0.25) is 0 Å². The molecule has 0 aliphatic carbocycles. The number of nitro benzene ring substituents is 1. The van der Waals surface area contributed by atoms with E-state index >= 15 is 0 Å². The van der Waals surface area contributed by atoms with E-state index in [2.05, 4.69) is 22.1 Å². The number of aliphatic hydroxyl groups excluding tert-OH is 1. The standard InChI is InChI=1S/C22H24N4O3/c1-24-12-19(22(23-24)17-7-9-20(10-8-17)26(28)29)14-25-13-18(21(27)15-25)11-16-5-3-2-4-6-16/h2-10,12,18,21,27H,11,13-15H2,1H3/t18-,21-/m1/s1. The van der Waals surface area contributed by atoms with Crippen LogP contribution in [0.3, 0.4) is 0 Å². The molecule has 150 valence electrons. The van der Waals surface area contributed by atoms with Gasteiger partial charge in [0.05, 0.1) is 16.7 Å². The zero-order chi connectivity index (χ0) is 20.4. The van der Waals surface area contributed by atoms with Crippen LogP contribution in [0.4, 0.5) is 5.69 Å². The zero-order valence-corrected chi connectivity index (χ0v) is 16.3. The summed E-state index contributed by atoms with van der Waals surface area (Å²) in [6.07, 6.45) is 2.49. The maximum Gasteiger partial charge on any atom is 0.269 e. The topological polar surface area (TPSA) is 84.4 Å². The number of aryl methyl sites for hydroxylation is 1. The van der Waals surface area contributed by atoms with E-state index in [1.807, 2.05) is 31.4 Å². The molecule has 0 amide bonds. The molecule has 7 heteroatoms. The Morgan fingerprint density at radius 3 is 2.55 bits per heavy atom. The molecule has 1 aliphatic rings. The van der Waals surface area contributed by atoms with Crippen LogP contribution in [0.2, 0.25) is 0 Å². The smallest absolute Gasteiger partial charge is 0.269 e. The number of nitrogens with zero attached hydrogens (tertiary/aromatic N) is 4. The van der Waals surface area contributed by atoms with Crippen LogP contribution in [0.5, 0.6) is 0 Å². The molecule has 0 spiro atoms. The lowest BCUT2D eigenvalue weighted by Crippen LogP contribution is -2.21. The summed E-state index contributed by atoms with van der Waals surface area (Å²) in [6, 6.07) is 16.7. The first-order valence-corrected chi connectivity index (χ1v) is 9.71. The average Bonchev–Trinajstić information content (AvgIpc) is 3.24. The largest absolute Gasteiger partial charge is 0.391 e. The van der Waals surface area contributed by atoms with E-state index in [1.54, 1.807) is 16.8 Å². The fourth-order valence-corrected chi connectivity index (χ4v) is 4.07. The van der Waals surface area contributed by atoms with Gasteiger partial charge >= 0.3 is 0 Å². The van der Waals surface area contributed by atoms with Crippen LogP contribution in [-0.2, 0) is 20.0 Å². The summed E-state index contributed by atoms with van der Waals surface area (Å²) in [6.45, 7) is 2.14. The Kier molecular flexibility index (Phi) is 5.42. The van der Waals surface area contributed by atoms with Crippen molar-refractivity contribution in [1.29, 1.82) is 0 Å². The van der Waals surface area contributed by atoms with Crippen molar-refractivity contribution in [2.24, 2.45) is 13.0 Å². The SMILES string of the molecule is Cn1cc(CN2C[C@@H](Cc3ccccc3)[C@H](O)C2)c(-c2ccc([N+](=O)[O-])cc2)n1. The van der Waals surface area contributed by atoms with E-state index in [-0.39, 0.29) is 17.7 Å². The third-order valence-electron chi connectivity index (χ3n) is 5.47. The Bertz CT molecular complexity index is 985. The van der Waals surface area contributed by atoms with E-state index in [4.69, 9.17) is 0 Å². The van der Waals surface area contributed by atoms with Crippen LogP contribution in [0.15, 0.2) is 60.8 Å². The number of likely N-dealkylation sites (tertiary alicyclic amines) is 1. The van der Waals surface area contributed by atoms with E-state index < -0.39 is 4.92 Å². The molecule has 2 heterocycles. The van der Waals surface area contributed by atoms with Gasteiger partial charge in [0, 0.05) is 62.1 Å². The second kappa shape index (κ2) is 8.14. The first kappa shape index (κ1) is 19.3. The minimum atomic E-state index is -0.401. The lowest BCUT2D eigenvalue weighted by atomic mass is 9.97. The molecular weight excluding hydrogens is 368 g/mol. The van der Waals surface area contributed by atoms with E-state index in [0.29, 0.717) is 13.1 Å². The molecule has 2 aromatic carbocycles. The minimum Gasteiger partial charge on any atom is -0.391 e. The molecule has 2 atom stereocenters. The lowest BCUT2D eigenvalue weighted by Gasteiger charge is -2.15. The molecule has 0 radical (unpaired) electrons. The second-order valence-corrected chi connectivity index (χ2v) is 7.69. The molecule has 1 aliphatic heterocycles. The van der Waals surface area contributed by atoms with Gasteiger partial charge in [-0.3, -0.25) is 19.7 Å². The monoisotopic (exact) mass is 392 g/mol. The Labute approximate surface area is 169 Å². The van der Waals surface area contributed by atoms with Crippen LogP contribution in [0, 0.1) is 16.0 Å². The van der Waals surface area contributed by atoms with Crippen molar-refractivity contribution in [3.8, 4) is 11.3 Å². The molecule has 1 N–H and O–H groups in total. The number of aromatic nitrogens is 2. The van der Waals surface area contributed by atoms with Gasteiger partial charge in [-0.05, 0) is 24.1 Å². The predicted molar refractivity (Wildman–Crippen MR) is 110 cm³/mol. The molecule has 3 aromatic rings. The van der Waals surface area contributed by atoms with Gasteiger partial charge < -0.3 is 5.11 Å². The fourth-order valence-electron chi connectivity index (χ4n) is 4.07. The highest BCUT2D eigenvalue weighted by Crippen LogP contribution is 2.28. The Balaban J connectivity index is 1.48. The van der Waals surface area contributed by atoms with Crippen LogP contribution >= 0.6 is 0 Å². The van der Waals surface area contributed by atoms with Crippen LogP contribution < -0.4 is 0 Å². The predicted octanol–water partition coefficient (Wildman–Crippen LogP) is 3.03. The fraction of sp³-hybridized carbons (Fsp3) is 0.318. The van der Waals surface area contributed by atoms with Crippen molar-refractivity contribution in [1.82, 2.24) is 14.7 Å². The minimum absolute atomic E-state index is 0.0673. The molecule has 0 saturated carbocycles. The highest BCUT2D eigenvalue weighted by atomic mass is 16.6. The first-order valence-electron chi connectivity index (χ1n) is 9.71. The van der Waals surface area contributed by atoms with E-state index in [1.165, 1.54) is 17.7 Å². The summed E-state index contributed by atoms with van der Waals surface area (Å²) in [5.74, 6) is 0.205. The summed E-state index contributed by atoms with van der Waals surface area (Å²) >= 11 is 0. The molecule has 0 unspecified atom stereocenters. The Morgan fingerprint density at radius 1 is 1.14 bits per heavy atom. The van der Waals surface area contributed by atoms with Gasteiger partial charge in [-0.1, -0.05) is 30.3 Å². The molecular formula is C22H24N4O3. The third kappa shape index (κ3) is 4.36. The second-order valence-electron chi connectivity index (χ2n) is 7.69. The van der Waals surface area contributed by atoms with Gasteiger partial charge in [-0.25, -0.2) is 0 Å². The van der Waals surface area contributed by atoms with Crippen LogP contribution in [0.25, 0.3) is 11.3 Å². The van der Waals surface area contributed by atoms with Crippen molar-refractivity contribution in [2.75, 3.05) is 13.1 Å². The van der Waals surface area contributed by atoms with Gasteiger partial charge in [0.1, 0.15) is 0 Å². The number of hydrogen-bond acceptors (Lipinski definition) is 5. The number of rotatable bonds is 6. The van der Waals surface area contributed by atoms with Crippen molar-refractivity contribution in [3.63, 3.8) is 0 Å². The molecule has 4 rings (SSSR count). The van der Waals surface area contributed by atoms with E-state index in [9.17, 15) is 15.2 Å².